The third-order valence-corrected chi connectivity index (χ3v) is 9.94. The number of carbonyl (C=O) groups excluding carboxylic acids is 3. The van der Waals surface area contributed by atoms with E-state index in [4.69, 9.17) is 15.2 Å². The molecule has 1 aliphatic heterocycles. The number of alkyl carbamates (subject to hydrolysis) is 1. The first kappa shape index (κ1) is 45.5. The number of ether oxygens (including phenoxy) is 2. The van der Waals surface area contributed by atoms with E-state index in [-0.39, 0.29) is 49.7 Å². The molecule has 17 nitrogen and oxygen atoms in total. The molecule has 320 valence electrons. The van der Waals surface area contributed by atoms with Gasteiger partial charge in [-0.15, -0.1) is 0 Å². The molecule has 0 aliphatic carbocycles. The Morgan fingerprint density at radius 3 is 2.40 bits per heavy atom. The lowest BCUT2D eigenvalue weighted by molar-refractivity contribution is -0.139. The number of piperazine rings is 1. The highest BCUT2D eigenvalue weighted by molar-refractivity contribution is 5.88. The van der Waals surface area contributed by atoms with Crippen molar-refractivity contribution in [2.75, 3.05) is 57.5 Å². The minimum Gasteiger partial charge on any atom is -0.496 e. The molecule has 2 atom stereocenters. The zero-order valence-electron chi connectivity index (χ0n) is 34.7. The van der Waals surface area contributed by atoms with Crippen LogP contribution in [0.15, 0.2) is 30.5 Å². The van der Waals surface area contributed by atoms with Crippen LogP contribution in [0.3, 0.4) is 0 Å². The fourth-order valence-electron chi connectivity index (χ4n) is 6.92. The molecule has 3 amide bonds. The molecule has 4 rings (SSSR count). The van der Waals surface area contributed by atoms with Crippen LogP contribution in [0.4, 0.5) is 16.6 Å². The second kappa shape index (κ2) is 22.1. The lowest BCUT2D eigenvalue weighted by Crippen LogP contribution is -2.48. The number of anilines is 2. The van der Waals surface area contributed by atoms with E-state index in [0.717, 1.165) is 54.7 Å². The molecular formula is C41H63N9O8. The molecule has 1 fully saturated rings. The number of nitrogens with zero attached hydrogens (tertiary/aromatic N) is 5. The molecule has 0 spiro atoms. The van der Waals surface area contributed by atoms with Crippen LogP contribution in [-0.2, 0) is 32.2 Å². The summed E-state index contributed by atoms with van der Waals surface area (Å²) in [5, 5.41) is 28.0. The molecule has 3 heterocycles. The normalized spacial score (nSPS) is 14.5. The van der Waals surface area contributed by atoms with Crippen molar-refractivity contribution in [3.05, 3.63) is 41.6 Å². The number of hydrogen-bond donors (Lipinski definition) is 6. The smallest absolute Gasteiger partial charge is 0.408 e. The fourth-order valence-corrected chi connectivity index (χ4v) is 6.92. The third-order valence-electron chi connectivity index (χ3n) is 9.94. The van der Waals surface area contributed by atoms with Gasteiger partial charge in [-0.25, -0.2) is 14.6 Å². The number of carboxylic acid groups (broad SMARTS) is 1. The fraction of sp³-hybridized carbons (Fsp3) is 0.610. The maximum Gasteiger partial charge on any atom is 0.408 e. The number of carboxylic acids is 1. The minimum atomic E-state index is -1.15. The number of aliphatic carboxylic acids is 1. The Bertz CT molecular complexity index is 1820. The molecule has 17 heteroatoms. The lowest BCUT2D eigenvalue weighted by atomic mass is 10.1. The Balaban J connectivity index is 1.20. The van der Waals surface area contributed by atoms with Gasteiger partial charge in [0.25, 0.3) is 0 Å². The van der Waals surface area contributed by atoms with Crippen LogP contribution in [0, 0.1) is 0 Å². The summed E-state index contributed by atoms with van der Waals surface area (Å²) >= 11 is 0. The van der Waals surface area contributed by atoms with Crippen molar-refractivity contribution in [3.63, 3.8) is 0 Å². The molecular weight excluding hydrogens is 747 g/mol. The van der Waals surface area contributed by atoms with Crippen LogP contribution in [0.5, 0.6) is 5.75 Å². The Morgan fingerprint density at radius 2 is 1.72 bits per heavy atom. The maximum absolute atomic E-state index is 13.0. The summed E-state index contributed by atoms with van der Waals surface area (Å²) in [7, 11) is 1.66. The molecule has 3 aromatic rings. The highest BCUT2D eigenvalue weighted by Gasteiger charge is 2.25. The molecule has 0 bridgehead atoms. The second-order valence-corrected chi connectivity index (χ2v) is 15.8. The maximum atomic E-state index is 13.0. The van der Waals surface area contributed by atoms with Crippen molar-refractivity contribution in [2.45, 2.75) is 116 Å². The van der Waals surface area contributed by atoms with Crippen LogP contribution in [0.1, 0.15) is 96.6 Å². The summed E-state index contributed by atoms with van der Waals surface area (Å²) in [6.45, 7) is 11.4. The van der Waals surface area contributed by atoms with Crippen molar-refractivity contribution in [2.24, 2.45) is 0 Å². The average Bonchev–Trinajstić information content (AvgIpc) is 3.57. The number of aliphatic hydroxyl groups excluding tert-OH is 1. The quantitative estimate of drug-likeness (QED) is 0.0787. The predicted octanol–water partition coefficient (Wildman–Crippen LogP) is 4.11. The van der Waals surface area contributed by atoms with Gasteiger partial charge in [-0.2, -0.15) is 4.98 Å². The van der Waals surface area contributed by atoms with Crippen molar-refractivity contribution in [1.82, 2.24) is 35.0 Å². The molecule has 1 aromatic carbocycles. The first-order valence-corrected chi connectivity index (χ1v) is 20.3. The summed E-state index contributed by atoms with van der Waals surface area (Å²) in [5.74, 6) is 0.239. The van der Waals surface area contributed by atoms with Gasteiger partial charge < -0.3 is 50.8 Å². The number of methoxy groups -OCH3 is 1. The SMILES string of the molecule is CCCCC(CO)Nc1nc(N)nc2ccn(Cc3cc(CN4CCN(C(=O)CCCC(=O)NCCCC[C@H](NC(=O)OC(C)(C)C)C(=O)O)CC4)ccc3OC)c12. The number of nitrogens with one attached hydrogen (secondary N) is 3. The van der Waals surface area contributed by atoms with E-state index in [1.807, 2.05) is 23.2 Å². The second-order valence-electron chi connectivity index (χ2n) is 15.8. The molecule has 1 aliphatic rings. The van der Waals surface area contributed by atoms with Gasteiger partial charge in [-0.3, -0.25) is 14.5 Å². The van der Waals surface area contributed by atoms with Crippen molar-refractivity contribution < 1.29 is 38.9 Å². The Kier molecular flexibility index (Phi) is 17.4. The lowest BCUT2D eigenvalue weighted by Gasteiger charge is -2.35. The minimum absolute atomic E-state index is 0.0214. The third kappa shape index (κ3) is 14.3. The van der Waals surface area contributed by atoms with Gasteiger partial charge in [-0.05, 0) is 76.6 Å². The number of rotatable bonds is 22. The summed E-state index contributed by atoms with van der Waals surface area (Å²) < 4.78 is 13.0. The number of carbonyl (C=O) groups is 4. The number of hydrogen-bond acceptors (Lipinski definition) is 12. The molecule has 1 saturated heterocycles. The van der Waals surface area contributed by atoms with E-state index in [1.54, 1.807) is 27.9 Å². The highest BCUT2D eigenvalue weighted by atomic mass is 16.6. The number of benzene rings is 1. The number of amides is 3. The average molecular weight is 810 g/mol. The van der Waals surface area contributed by atoms with E-state index in [0.29, 0.717) is 63.3 Å². The highest BCUT2D eigenvalue weighted by Crippen LogP contribution is 2.28. The molecule has 58 heavy (non-hydrogen) atoms. The first-order valence-electron chi connectivity index (χ1n) is 20.3. The van der Waals surface area contributed by atoms with Crippen LogP contribution >= 0.6 is 0 Å². The van der Waals surface area contributed by atoms with E-state index >= 15 is 0 Å². The zero-order chi connectivity index (χ0) is 42.2. The summed E-state index contributed by atoms with van der Waals surface area (Å²) in [5.41, 5.74) is 8.94. The van der Waals surface area contributed by atoms with Crippen molar-refractivity contribution in [1.29, 1.82) is 0 Å². The standard InChI is InChI=1S/C41H63N9O8/c1-6-7-11-30(27-51)44-37-36-31(45-39(42)47-37)17-19-50(36)26-29-24-28(15-16-33(29)57-5)25-48-20-22-49(23-21-48)35(53)14-10-13-34(52)43-18-9-8-12-32(38(54)55)46-40(56)58-41(2,3)4/h15-17,19,24,30,32,51H,6-14,18,20-23,25-27H2,1-5H3,(H,43,52)(H,46,56)(H,54,55)(H3,42,44,45,47)/t30?,32-/m0/s1. The van der Waals surface area contributed by atoms with Gasteiger partial charge in [0.2, 0.25) is 17.8 Å². The summed E-state index contributed by atoms with van der Waals surface area (Å²) in [4.78, 5) is 62.0. The Morgan fingerprint density at radius 1 is 0.966 bits per heavy atom. The number of nitrogens with two attached hydrogens (primary N) is 1. The first-order chi connectivity index (χ1) is 27.7. The largest absolute Gasteiger partial charge is 0.496 e. The zero-order valence-corrected chi connectivity index (χ0v) is 34.7. The topological polar surface area (TPSA) is 226 Å². The number of fused-ring (bicyclic) bond motifs is 1. The summed E-state index contributed by atoms with van der Waals surface area (Å²) in [6, 6.07) is 6.86. The van der Waals surface area contributed by atoms with Gasteiger partial charge in [0.05, 0.1) is 31.8 Å². The van der Waals surface area contributed by atoms with Gasteiger partial charge in [0.15, 0.2) is 5.82 Å². The molecule has 0 saturated carbocycles. The number of unbranched alkanes of at least 4 members (excludes halogenated alkanes) is 2. The van der Waals surface area contributed by atoms with Crippen LogP contribution in [0.25, 0.3) is 11.0 Å². The van der Waals surface area contributed by atoms with E-state index in [2.05, 4.69) is 54.4 Å². The van der Waals surface area contributed by atoms with Gasteiger partial charge >= 0.3 is 12.1 Å². The summed E-state index contributed by atoms with van der Waals surface area (Å²) in [6.07, 6.45) is 6.16. The number of aliphatic hydroxyl groups is 1. The van der Waals surface area contributed by atoms with Gasteiger partial charge in [0, 0.05) is 63.9 Å². The van der Waals surface area contributed by atoms with Crippen molar-refractivity contribution >= 4 is 46.7 Å². The number of nitrogen functional groups attached to an aromatic ring is 1. The van der Waals surface area contributed by atoms with Crippen LogP contribution in [0.2, 0.25) is 0 Å². The van der Waals surface area contributed by atoms with Crippen LogP contribution < -0.4 is 26.4 Å². The van der Waals surface area contributed by atoms with E-state index in [1.165, 1.54) is 0 Å². The molecule has 1 unspecified atom stereocenters. The van der Waals surface area contributed by atoms with Gasteiger partial charge in [0.1, 0.15) is 22.9 Å². The van der Waals surface area contributed by atoms with E-state index < -0.39 is 23.7 Å². The van der Waals surface area contributed by atoms with Gasteiger partial charge in [-0.1, -0.05) is 25.8 Å². The molecule has 0 radical (unpaired) electrons. The van der Waals surface area contributed by atoms with Crippen molar-refractivity contribution in [3.8, 4) is 5.75 Å². The Labute approximate surface area is 341 Å². The van der Waals surface area contributed by atoms with E-state index in [9.17, 15) is 29.4 Å². The monoisotopic (exact) mass is 809 g/mol. The van der Waals surface area contributed by atoms with Crippen LogP contribution in [-0.4, -0.2) is 123 Å². The Hall–Kier alpha value is -5.16. The number of aromatic nitrogens is 3. The molecule has 7 N–H and O–H groups in total. The predicted molar refractivity (Wildman–Crippen MR) is 221 cm³/mol. The molecule has 2 aromatic heterocycles.